The van der Waals surface area contributed by atoms with Gasteiger partial charge in [0.1, 0.15) is 17.3 Å². The second kappa shape index (κ2) is 8.37. The number of aromatic nitrogens is 2. The van der Waals surface area contributed by atoms with Crippen LogP contribution in [0, 0.1) is 0 Å². The van der Waals surface area contributed by atoms with Crippen LogP contribution in [0.25, 0.3) is 0 Å². The summed E-state index contributed by atoms with van der Waals surface area (Å²) in [6, 6.07) is 9.42. The molecule has 0 aliphatic carbocycles. The van der Waals surface area contributed by atoms with Gasteiger partial charge < -0.3 is 19.8 Å². The van der Waals surface area contributed by atoms with Gasteiger partial charge in [-0.1, -0.05) is 18.2 Å². The monoisotopic (exact) mass is 434 g/mol. The molecule has 3 aromatic rings. The Hall–Kier alpha value is -3.43. The Morgan fingerprint density at radius 3 is 2.84 bits per heavy atom. The third kappa shape index (κ3) is 4.37. The zero-order valence-corrected chi connectivity index (χ0v) is 16.6. The highest BCUT2D eigenvalue weighted by atomic mass is 19.4. The number of furan rings is 1. The Morgan fingerprint density at radius 1 is 1.32 bits per heavy atom. The van der Waals surface area contributed by atoms with Gasteiger partial charge in [-0.05, 0) is 30.2 Å². The van der Waals surface area contributed by atoms with Gasteiger partial charge in [0.05, 0.1) is 19.4 Å². The average Bonchev–Trinajstić information content (AvgIpc) is 3.42. The third-order valence-electron chi connectivity index (χ3n) is 5.18. The van der Waals surface area contributed by atoms with Crippen LogP contribution in [-0.4, -0.2) is 35.5 Å². The highest BCUT2D eigenvalue weighted by molar-refractivity contribution is 5.93. The lowest BCUT2D eigenvalue weighted by atomic mass is 10.0. The number of hydrogen-bond donors (Lipinski definition) is 2. The van der Waals surface area contributed by atoms with Crippen LogP contribution in [0.4, 0.5) is 19.0 Å². The fourth-order valence-corrected chi connectivity index (χ4v) is 3.67. The second-order valence-electron chi connectivity index (χ2n) is 7.18. The number of fused-ring (bicyclic) bond motifs is 1. The van der Waals surface area contributed by atoms with Crippen molar-refractivity contribution in [2.75, 3.05) is 19.0 Å². The molecule has 0 saturated heterocycles. The molecular formula is C21H21F3N4O3. The molecule has 4 rings (SSSR count). The first kappa shape index (κ1) is 20.8. The molecule has 164 valence electrons. The van der Waals surface area contributed by atoms with Gasteiger partial charge in [-0.15, -0.1) is 0 Å². The standard InChI is InChI=1S/C21H21F3N4O3/c1-30-16-6-3-2-5-13(16)8-9-25-20(29)15-12-19-26-14(17-7-4-10-31-17)11-18(21(22,23)24)28(19)27-15/h2-7,10,12,14,18,26H,8-9,11H2,1H3,(H,25,29)/t14-,18-/m0/s1. The minimum atomic E-state index is -4.52. The fraction of sp³-hybridized carbons (Fsp3) is 0.333. The van der Waals surface area contributed by atoms with E-state index in [-0.39, 0.29) is 24.5 Å². The van der Waals surface area contributed by atoms with E-state index >= 15 is 0 Å². The van der Waals surface area contributed by atoms with E-state index in [4.69, 9.17) is 9.15 Å². The van der Waals surface area contributed by atoms with Crippen molar-refractivity contribution in [3.63, 3.8) is 0 Å². The Balaban J connectivity index is 1.49. The lowest BCUT2D eigenvalue weighted by molar-refractivity contribution is -0.174. The summed E-state index contributed by atoms with van der Waals surface area (Å²) in [6.45, 7) is 0.284. The number of rotatable bonds is 6. The number of anilines is 1. The van der Waals surface area contributed by atoms with Gasteiger partial charge in [0.2, 0.25) is 0 Å². The molecule has 0 spiro atoms. The van der Waals surface area contributed by atoms with Crippen molar-refractivity contribution in [2.24, 2.45) is 0 Å². The van der Waals surface area contributed by atoms with Crippen molar-refractivity contribution in [1.29, 1.82) is 0 Å². The molecule has 7 nitrogen and oxygen atoms in total. The number of nitrogens with one attached hydrogen (secondary N) is 2. The SMILES string of the molecule is COc1ccccc1CCNC(=O)c1cc2n(n1)[C@H](C(F)(F)F)C[C@@H](c1ccco1)N2. The minimum absolute atomic E-state index is 0.0862. The number of hydrogen-bond acceptors (Lipinski definition) is 5. The Labute approximate surface area is 176 Å². The number of carbonyl (C=O) groups is 1. The van der Waals surface area contributed by atoms with Gasteiger partial charge in [0, 0.05) is 19.0 Å². The predicted molar refractivity (Wildman–Crippen MR) is 106 cm³/mol. The van der Waals surface area contributed by atoms with E-state index in [1.807, 2.05) is 24.3 Å². The minimum Gasteiger partial charge on any atom is -0.496 e. The van der Waals surface area contributed by atoms with E-state index in [9.17, 15) is 18.0 Å². The zero-order chi connectivity index (χ0) is 22.0. The summed E-state index contributed by atoms with van der Waals surface area (Å²) in [4.78, 5) is 12.5. The average molecular weight is 434 g/mol. The summed E-state index contributed by atoms with van der Waals surface area (Å²) >= 11 is 0. The van der Waals surface area contributed by atoms with E-state index in [0.29, 0.717) is 17.9 Å². The van der Waals surface area contributed by atoms with Gasteiger partial charge in [-0.25, -0.2) is 4.68 Å². The van der Waals surface area contributed by atoms with Crippen molar-refractivity contribution in [2.45, 2.75) is 31.1 Å². The van der Waals surface area contributed by atoms with Crippen molar-refractivity contribution < 1.29 is 27.1 Å². The van der Waals surface area contributed by atoms with Crippen LogP contribution < -0.4 is 15.4 Å². The smallest absolute Gasteiger partial charge is 0.410 e. The van der Waals surface area contributed by atoms with Crippen molar-refractivity contribution in [3.05, 3.63) is 65.7 Å². The number of nitrogens with zero attached hydrogens (tertiary/aromatic N) is 2. The van der Waals surface area contributed by atoms with Crippen molar-refractivity contribution in [1.82, 2.24) is 15.1 Å². The van der Waals surface area contributed by atoms with Gasteiger partial charge in [-0.2, -0.15) is 18.3 Å². The number of alkyl halides is 3. The van der Waals surface area contributed by atoms with Gasteiger partial charge in [-0.3, -0.25) is 4.79 Å². The normalized spacial score (nSPS) is 18.2. The molecule has 1 aliphatic rings. The molecule has 0 bridgehead atoms. The van der Waals surface area contributed by atoms with Crippen LogP contribution >= 0.6 is 0 Å². The number of halogens is 3. The molecule has 1 amide bonds. The van der Waals surface area contributed by atoms with E-state index in [1.165, 1.54) is 12.3 Å². The molecule has 0 radical (unpaired) electrons. The van der Waals surface area contributed by atoms with E-state index in [1.54, 1.807) is 19.2 Å². The Morgan fingerprint density at radius 2 is 2.13 bits per heavy atom. The molecule has 3 heterocycles. The molecule has 1 aliphatic heterocycles. The van der Waals surface area contributed by atoms with Crippen molar-refractivity contribution in [3.8, 4) is 5.75 Å². The number of ether oxygens (including phenoxy) is 1. The molecule has 0 fully saturated rings. The van der Waals surface area contributed by atoms with Crippen molar-refractivity contribution >= 4 is 11.7 Å². The molecule has 0 unspecified atom stereocenters. The summed E-state index contributed by atoms with van der Waals surface area (Å²) in [5, 5.41) is 9.63. The highest BCUT2D eigenvalue weighted by Crippen LogP contribution is 2.43. The topological polar surface area (TPSA) is 81.3 Å². The van der Waals surface area contributed by atoms with Crippen LogP contribution in [0.5, 0.6) is 5.75 Å². The fourth-order valence-electron chi connectivity index (χ4n) is 3.67. The number of benzene rings is 1. The number of amides is 1. The van der Waals surface area contributed by atoms with E-state index in [2.05, 4.69) is 15.7 Å². The first-order valence-corrected chi connectivity index (χ1v) is 9.73. The largest absolute Gasteiger partial charge is 0.496 e. The predicted octanol–water partition coefficient (Wildman–Crippen LogP) is 4.12. The lowest BCUT2D eigenvalue weighted by Crippen LogP contribution is -2.35. The Kier molecular flexibility index (Phi) is 5.62. The maximum Gasteiger partial charge on any atom is 0.410 e. The number of para-hydroxylation sites is 1. The summed E-state index contributed by atoms with van der Waals surface area (Å²) in [7, 11) is 1.56. The third-order valence-corrected chi connectivity index (χ3v) is 5.18. The molecule has 31 heavy (non-hydrogen) atoms. The molecule has 10 heteroatoms. The van der Waals surface area contributed by atoms with Gasteiger partial charge >= 0.3 is 6.18 Å². The Bertz CT molecular complexity index is 1050. The maximum absolute atomic E-state index is 13.7. The lowest BCUT2D eigenvalue weighted by Gasteiger charge is -2.32. The van der Waals surface area contributed by atoms with Crippen LogP contribution in [0.3, 0.4) is 0 Å². The first-order valence-electron chi connectivity index (χ1n) is 9.73. The van der Waals surface area contributed by atoms with E-state index < -0.39 is 24.2 Å². The summed E-state index contributed by atoms with van der Waals surface area (Å²) in [6.07, 6.45) is -2.90. The summed E-state index contributed by atoms with van der Waals surface area (Å²) in [5.41, 5.74) is 0.825. The van der Waals surface area contributed by atoms with E-state index in [0.717, 1.165) is 10.2 Å². The summed E-state index contributed by atoms with van der Waals surface area (Å²) in [5.74, 6) is 0.666. The molecule has 2 atom stereocenters. The maximum atomic E-state index is 13.7. The second-order valence-corrected chi connectivity index (χ2v) is 7.18. The van der Waals surface area contributed by atoms with Crippen LogP contribution in [0.2, 0.25) is 0 Å². The van der Waals surface area contributed by atoms with Crippen LogP contribution in [0.15, 0.2) is 53.1 Å². The molecule has 1 aromatic carbocycles. The quantitative estimate of drug-likeness (QED) is 0.610. The molecular weight excluding hydrogens is 413 g/mol. The molecule has 2 aromatic heterocycles. The first-order chi connectivity index (χ1) is 14.9. The van der Waals surface area contributed by atoms with Gasteiger partial charge in [0.25, 0.3) is 5.91 Å². The van der Waals surface area contributed by atoms with Gasteiger partial charge in [0.15, 0.2) is 11.7 Å². The van der Waals surface area contributed by atoms with Crippen LogP contribution in [0.1, 0.15) is 40.3 Å². The highest BCUT2D eigenvalue weighted by Gasteiger charge is 2.47. The molecule has 2 N–H and O–H groups in total. The number of methoxy groups -OCH3 is 1. The zero-order valence-electron chi connectivity index (χ0n) is 16.6. The number of carbonyl (C=O) groups excluding carboxylic acids is 1. The van der Waals surface area contributed by atoms with Crippen LogP contribution in [-0.2, 0) is 6.42 Å². The molecule has 0 saturated carbocycles. The summed E-state index contributed by atoms with van der Waals surface area (Å²) < 4.78 is 52.4.